The Morgan fingerprint density at radius 1 is 1.05 bits per heavy atom. The van der Waals surface area contributed by atoms with Gasteiger partial charge < -0.3 is 29.7 Å². The highest BCUT2D eigenvalue weighted by molar-refractivity contribution is 6.02. The minimum absolute atomic E-state index is 0.0109. The van der Waals surface area contributed by atoms with Crippen LogP contribution in [0, 0.1) is 34.5 Å². The number of epoxide rings is 1. The van der Waals surface area contributed by atoms with Crippen LogP contribution >= 0.6 is 0 Å². The van der Waals surface area contributed by atoms with Gasteiger partial charge in [-0.2, -0.15) is 0 Å². The van der Waals surface area contributed by atoms with Gasteiger partial charge in [0.25, 0.3) is 0 Å². The van der Waals surface area contributed by atoms with Crippen LogP contribution in [0.2, 0.25) is 0 Å². The fourth-order valence-corrected chi connectivity index (χ4v) is 13.6. The van der Waals surface area contributed by atoms with Crippen molar-refractivity contribution in [2.45, 2.75) is 139 Å². The van der Waals surface area contributed by atoms with Gasteiger partial charge in [0, 0.05) is 40.0 Å². The molecule has 1 spiro atoms. The lowest BCUT2D eigenvalue weighted by atomic mass is 9.40. The van der Waals surface area contributed by atoms with Gasteiger partial charge in [0.05, 0.1) is 17.8 Å². The zero-order valence-electron chi connectivity index (χ0n) is 26.9. The number of aliphatic hydroxyl groups excluding tert-OH is 1. The van der Waals surface area contributed by atoms with E-state index < -0.39 is 34.9 Å². The molecular weight excluding hydrogens is 554 g/mol. The molecule has 0 radical (unpaired) electrons. The Kier molecular flexibility index (Phi) is 4.77. The zero-order valence-corrected chi connectivity index (χ0v) is 26.9. The molecule has 5 aliphatic carbocycles. The first-order chi connectivity index (χ1) is 20.7. The molecule has 4 aliphatic heterocycles. The van der Waals surface area contributed by atoms with Crippen molar-refractivity contribution in [2.75, 3.05) is 5.32 Å². The lowest BCUT2D eigenvalue weighted by Gasteiger charge is -2.67. The van der Waals surface area contributed by atoms with Crippen LogP contribution in [0.1, 0.15) is 107 Å². The van der Waals surface area contributed by atoms with Crippen molar-refractivity contribution in [3.63, 3.8) is 0 Å². The zero-order chi connectivity index (χ0) is 30.7. The Morgan fingerprint density at radius 3 is 2.57 bits per heavy atom. The number of anilines is 1. The number of carbonyl (C=O) groups excluding carboxylic acids is 1. The fraction of sp³-hybridized carbons (Fsp3) is 0.757. The number of ketones is 1. The predicted octanol–water partition coefficient (Wildman–Crippen LogP) is 5.10. The molecule has 7 heteroatoms. The van der Waals surface area contributed by atoms with E-state index in [0.29, 0.717) is 30.0 Å². The average Bonchev–Trinajstić information content (AvgIpc) is 3.53. The minimum atomic E-state index is -1.17. The van der Waals surface area contributed by atoms with Gasteiger partial charge in [-0.25, -0.2) is 0 Å². The molecule has 0 unspecified atom stereocenters. The van der Waals surface area contributed by atoms with Crippen LogP contribution in [0.5, 0.6) is 0 Å². The number of fused-ring (bicyclic) bond motifs is 5. The molecule has 236 valence electrons. The topological polar surface area (TPSA) is 101 Å². The van der Waals surface area contributed by atoms with E-state index in [1.54, 1.807) is 0 Å². The molecule has 1 aromatic carbocycles. The highest BCUT2D eigenvalue weighted by atomic mass is 16.7. The molecule has 3 N–H and O–H groups in total. The van der Waals surface area contributed by atoms with Crippen molar-refractivity contribution >= 4 is 11.5 Å². The first kappa shape index (κ1) is 27.4. The summed E-state index contributed by atoms with van der Waals surface area (Å²) in [7, 11) is 0. The SMILES string of the molecule is C=C(C)[C@H]1O[C@H]2CC[C@]3(C)[C@]4(C)[C@@H](CC[C@@]3(O)[C@]23O[C@@H]3[C@@H]1O)[C@@H]1OC(C)(C)[C@@H]2C[C@@H]3[C@@H]2c2c(ccc5c2[C@@H]1[C@@H]4N5)C(=O)[C@H]3C. The molecule has 0 amide bonds. The molecule has 1 aromatic rings. The van der Waals surface area contributed by atoms with E-state index >= 15 is 0 Å². The van der Waals surface area contributed by atoms with E-state index in [9.17, 15) is 15.0 Å². The standard InChI is InChI=1S/C37H47NO6/c1-15(2)29-28(40)32-37(44-32)22(42-29)11-12-34(6)35(7)19(10-13-36(34,37)41)30-26-25-21(38-31(26)35)9-8-17-24(25)23-18(16(3)27(17)39)14-20(23)33(4,5)43-30/h8-9,16,18-20,22-23,26,28-32,38,40-41H,1,10-14H2,2-7H3/t16-,18-,19-,20+,22-,23-,26-,28+,29+,30-,31-,32+,34+,35+,36-,37-/m0/s1. The Bertz CT molecular complexity index is 1570. The quantitative estimate of drug-likeness (QED) is 0.304. The van der Waals surface area contributed by atoms with Crippen LogP contribution in [0.3, 0.4) is 0 Å². The van der Waals surface area contributed by atoms with Crippen LogP contribution < -0.4 is 5.32 Å². The largest absolute Gasteiger partial charge is 0.387 e. The minimum Gasteiger partial charge on any atom is -0.387 e. The number of carbonyl (C=O) groups is 1. The molecule has 4 saturated carbocycles. The van der Waals surface area contributed by atoms with Gasteiger partial charge in [0.2, 0.25) is 0 Å². The number of hydrogen-bond acceptors (Lipinski definition) is 7. The molecule has 6 fully saturated rings. The lowest BCUT2D eigenvalue weighted by Crippen LogP contribution is -2.76. The van der Waals surface area contributed by atoms with Gasteiger partial charge in [-0.05, 0) is 105 Å². The highest BCUT2D eigenvalue weighted by Crippen LogP contribution is 2.79. The number of hydrogen-bond donors (Lipinski definition) is 3. The molecular formula is C37H47NO6. The number of Topliss-reactive ketones (excluding diaryl/α,β-unsaturated/α-hetero) is 1. The summed E-state index contributed by atoms with van der Waals surface area (Å²) in [5, 5.41) is 28.6. The van der Waals surface area contributed by atoms with E-state index in [1.165, 1.54) is 11.1 Å². The van der Waals surface area contributed by atoms with E-state index in [-0.39, 0.29) is 47.0 Å². The van der Waals surface area contributed by atoms with Gasteiger partial charge in [-0.15, -0.1) is 0 Å². The summed E-state index contributed by atoms with van der Waals surface area (Å²) < 4.78 is 20.5. The summed E-state index contributed by atoms with van der Waals surface area (Å²) in [6.45, 7) is 17.4. The van der Waals surface area contributed by atoms with Crippen molar-refractivity contribution < 1.29 is 29.2 Å². The van der Waals surface area contributed by atoms with E-state index in [0.717, 1.165) is 42.5 Å². The van der Waals surface area contributed by atoms with Crippen molar-refractivity contribution in [2.24, 2.45) is 34.5 Å². The maximum absolute atomic E-state index is 13.8. The van der Waals surface area contributed by atoms with Crippen LogP contribution in [0.25, 0.3) is 0 Å². The van der Waals surface area contributed by atoms with Crippen LogP contribution in [-0.4, -0.2) is 69.4 Å². The molecule has 0 aromatic heterocycles. The molecule has 10 rings (SSSR count). The summed E-state index contributed by atoms with van der Waals surface area (Å²) >= 11 is 0. The smallest absolute Gasteiger partial charge is 0.166 e. The molecule has 0 bridgehead atoms. The number of ether oxygens (including phenoxy) is 3. The fourth-order valence-electron chi connectivity index (χ4n) is 13.6. The van der Waals surface area contributed by atoms with Gasteiger partial charge in [0.15, 0.2) is 11.4 Å². The van der Waals surface area contributed by atoms with Crippen LogP contribution in [0.4, 0.5) is 5.69 Å². The van der Waals surface area contributed by atoms with E-state index in [2.05, 4.69) is 58.6 Å². The Morgan fingerprint density at radius 2 is 1.82 bits per heavy atom. The highest BCUT2D eigenvalue weighted by Gasteiger charge is 2.88. The number of nitrogens with one attached hydrogen (secondary N) is 1. The third-order valence-electron chi connectivity index (χ3n) is 15.9. The lowest BCUT2D eigenvalue weighted by molar-refractivity contribution is -0.287. The average molecular weight is 602 g/mol. The van der Waals surface area contributed by atoms with Gasteiger partial charge >= 0.3 is 0 Å². The maximum Gasteiger partial charge on any atom is 0.166 e. The van der Waals surface area contributed by atoms with Crippen LogP contribution in [-0.2, 0) is 14.2 Å². The third-order valence-corrected chi connectivity index (χ3v) is 15.9. The summed E-state index contributed by atoms with van der Waals surface area (Å²) in [5.41, 5.74) is 2.30. The number of benzene rings is 1. The second-order valence-corrected chi connectivity index (χ2v) is 17.4. The van der Waals surface area contributed by atoms with Crippen molar-refractivity contribution in [3.05, 3.63) is 41.0 Å². The molecule has 16 atom stereocenters. The Hall–Kier alpha value is -1.77. The van der Waals surface area contributed by atoms with Crippen molar-refractivity contribution in [1.29, 1.82) is 0 Å². The van der Waals surface area contributed by atoms with Crippen molar-refractivity contribution in [1.82, 2.24) is 0 Å². The molecule has 2 saturated heterocycles. The Balaban J connectivity index is 1.14. The van der Waals surface area contributed by atoms with E-state index in [1.807, 2.05) is 6.92 Å². The van der Waals surface area contributed by atoms with Crippen molar-refractivity contribution in [3.8, 4) is 0 Å². The summed E-state index contributed by atoms with van der Waals surface area (Å²) in [6.07, 6.45) is 1.96. The normalized spacial score (nSPS) is 57.7. The molecule has 4 heterocycles. The first-order valence-electron chi connectivity index (χ1n) is 17.3. The Labute approximate surface area is 260 Å². The second-order valence-electron chi connectivity index (χ2n) is 17.4. The van der Waals surface area contributed by atoms with E-state index in [4.69, 9.17) is 14.2 Å². The first-order valence-corrected chi connectivity index (χ1v) is 17.3. The molecule has 7 nitrogen and oxygen atoms in total. The summed E-state index contributed by atoms with van der Waals surface area (Å²) in [5.74, 6) is 1.82. The molecule has 9 aliphatic rings. The number of rotatable bonds is 1. The maximum atomic E-state index is 13.8. The molecule has 44 heavy (non-hydrogen) atoms. The van der Waals surface area contributed by atoms with Crippen LogP contribution in [0.15, 0.2) is 24.3 Å². The number of aliphatic hydroxyl groups is 2. The summed E-state index contributed by atoms with van der Waals surface area (Å²) in [6, 6.07) is 4.31. The predicted molar refractivity (Wildman–Crippen MR) is 164 cm³/mol. The van der Waals surface area contributed by atoms with Gasteiger partial charge in [-0.3, -0.25) is 4.79 Å². The third kappa shape index (κ3) is 2.54. The van der Waals surface area contributed by atoms with Gasteiger partial charge in [0.1, 0.15) is 23.9 Å². The second kappa shape index (κ2) is 7.68. The van der Waals surface area contributed by atoms with Gasteiger partial charge in [-0.1, -0.05) is 27.4 Å². The summed E-state index contributed by atoms with van der Waals surface area (Å²) in [4.78, 5) is 13.8. The monoisotopic (exact) mass is 601 g/mol.